The third-order valence-corrected chi connectivity index (χ3v) is 20.6. The summed E-state index contributed by atoms with van der Waals surface area (Å²) in [4.78, 5) is 9.87. The summed E-state index contributed by atoms with van der Waals surface area (Å²) in [5, 5.41) is 2.75. The number of hydrogen-bond acceptors (Lipinski definition) is 3. The quantitative estimate of drug-likeness (QED) is 0.182. The third kappa shape index (κ3) is 5.91. The van der Waals surface area contributed by atoms with E-state index in [2.05, 4.69) is 102 Å². The fourth-order valence-corrected chi connectivity index (χ4v) is 19.7. The molecule has 0 atom stereocenters. The van der Waals surface area contributed by atoms with E-state index in [9.17, 15) is 0 Å². The van der Waals surface area contributed by atoms with Gasteiger partial charge >= 0.3 is 234 Å². The maximum atomic E-state index is 4.96. The molecule has 4 aromatic rings. The van der Waals surface area contributed by atoms with Crippen molar-refractivity contribution in [2.75, 3.05) is 0 Å². The van der Waals surface area contributed by atoms with E-state index in [1.54, 1.807) is 8.90 Å². The molecule has 2 aromatic carbocycles. The van der Waals surface area contributed by atoms with Gasteiger partial charge in [0.1, 0.15) is 0 Å². The van der Waals surface area contributed by atoms with Crippen molar-refractivity contribution in [2.45, 2.75) is 83.9 Å². The summed E-state index contributed by atoms with van der Waals surface area (Å²) in [6.07, 6.45) is 1.81. The maximum absolute atomic E-state index is 4.96. The van der Waals surface area contributed by atoms with Crippen LogP contribution in [0, 0.1) is 24.7 Å². The standard InChI is InChI=1S/C32H46GeN2SSi/c1-21(2)17-37(18-22(3)4,19-23(5)6)32-24(7)29-31(36-32)30(35-20-34-29)26-15-25-13-11-12-14-27(25)28(16-26)33(8,9)10/h11-16,20-23H,17-19H2,1-10H3. The second-order valence-corrected chi connectivity index (χ2v) is 29.8. The topological polar surface area (TPSA) is 25.8 Å². The molecule has 0 saturated carbocycles. The monoisotopic (exact) mass is 592 g/mol. The fraction of sp³-hybridized carbons (Fsp3) is 0.500. The zero-order valence-electron chi connectivity index (χ0n) is 24.7. The summed E-state index contributed by atoms with van der Waals surface area (Å²) in [5.74, 6) is 9.62. The second kappa shape index (κ2) is 10.9. The SMILES string of the molecule is Cc1c([Si](CC(C)C)(CC(C)C)CC(C)C)sc2c(-c3c[c]([Ge]([CH3])([CH3])[CH3])c4ccccc4c3)ncnc12. The zero-order chi connectivity index (χ0) is 27.1. The first-order chi connectivity index (χ1) is 17.3. The molecule has 198 valence electrons. The van der Waals surface area contributed by atoms with Gasteiger partial charge in [0.15, 0.2) is 0 Å². The van der Waals surface area contributed by atoms with Crippen molar-refractivity contribution in [1.29, 1.82) is 0 Å². The molecule has 2 heterocycles. The number of rotatable bonds is 9. The molecular weight excluding hydrogens is 545 g/mol. The Morgan fingerprint density at radius 2 is 1.43 bits per heavy atom. The number of aromatic nitrogens is 2. The Labute approximate surface area is 232 Å². The summed E-state index contributed by atoms with van der Waals surface area (Å²) in [7, 11) is -1.74. The predicted molar refractivity (Wildman–Crippen MR) is 172 cm³/mol. The molecule has 0 amide bonds. The molecule has 37 heavy (non-hydrogen) atoms. The Kier molecular flexibility index (Phi) is 8.43. The van der Waals surface area contributed by atoms with E-state index in [1.165, 1.54) is 50.2 Å². The van der Waals surface area contributed by atoms with Crippen molar-refractivity contribution in [3.63, 3.8) is 0 Å². The van der Waals surface area contributed by atoms with Gasteiger partial charge in [-0.25, -0.2) is 0 Å². The van der Waals surface area contributed by atoms with E-state index >= 15 is 0 Å². The van der Waals surface area contributed by atoms with Crippen molar-refractivity contribution in [2.24, 2.45) is 17.8 Å². The van der Waals surface area contributed by atoms with Crippen LogP contribution in [0.3, 0.4) is 0 Å². The second-order valence-electron chi connectivity index (χ2n) is 13.5. The summed E-state index contributed by atoms with van der Waals surface area (Å²) >= 11 is -0.0649. The molecule has 5 heteroatoms. The van der Waals surface area contributed by atoms with Crippen LogP contribution in [0.4, 0.5) is 0 Å². The van der Waals surface area contributed by atoms with Gasteiger partial charge in [-0.05, 0) is 0 Å². The van der Waals surface area contributed by atoms with Crippen LogP contribution in [0.5, 0.6) is 0 Å². The van der Waals surface area contributed by atoms with Crippen molar-refractivity contribution in [3.05, 3.63) is 48.3 Å². The van der Waals surface area contributed by atoms with Crippen LogP contribution in [0.1, 0.15) is 47.1 Å². The van der Waals surface area contributed by atoms with Gasteiger partial charge in [-0.15, -0.1) is 0 Å². The molecular formula is C32H46GeN2SSi. The molecule has 0 spiro atoms. The van der Waals surface area contributed by atoms with E-state index in [1.807, 2.05) is 17.7 Å². The number of aryl methyl sites for hydroxylation is 1. The van der Waals surface area contributed by atoms with Gasteiger partial charge in [0.2, 0.25) is 0 Å². The third-order valence-electron chi connectivity index (χ3n) is 7.53. The number of hydrogen-bond donors (Lipinski definition) is 0. The van der Waals surface area contributed by atoms with E-state index in [4.69, 9.17) is 9.97 Å². The van der Waals surface area contributed by atoms with Crippen LogP contribution < -0.4 is 8.90 Å². The summed E-state index contributed by atoms with van der Waals surface area (Å²) in [6.45, 7) is 16.9. The van der Waals surface area contributed by atoms with Gasteiger partial charge in [-0.1, -0.05) is 0 Å². The van der Waals surface area contributed by atoms with Gasteiger partial charge in [0.05, 0.1) is 0 Å². The van der Waals surface area contributed by atoms with Crippen LogP contribution in [-0.2, 0) is 0 Å². The first-order valence-corrected chi connectivity index (χ1v) is 24.9. The first kappa shape index (κ1) is 28.5. The van der Waals surface area contributed by atoms with Crippen LogP contribution in [-0.4, -0.2) is 31.3 Å². The van der Waals surface area contributed by atoms with Crippen LogP contribution in [0.25, 0.3) is 32.2 Å². The molecule has 4 rings (SSSR count). The average Bonchev–Trinajstić information content (AvgIpc) is 3.13. The van der Waals surface area contributed by atoms with Gasteiger partial charge in [-0.2, -0.15) is 0 Å². The molecule has 0 unspecified atom stereocenters. The molecule has 0 aliphatic carbocycles. The minimum absolute atomic E-state index is 0.709. The van der Waals surface area contributed by atoms with E-state index < -0.39 is 21.3 Å². The van der Waals surface area contributed by atoms with Crippen molar-refractivity contribution in [1.82, 2.24) is 9.97 Å². The number of benzene rings is 2. The number of nitrogens with zero attached hydrogens (tertiary/aromatic N) is 2. The van der Waals surface area contributed by atoms with Gasteiger partial charge in [-0.3, -0.25) is 0 Å². The van der Waals surface area contributed by atoms with Gasteiger partial charge in [0.25, 0.3) is 0 Å². The Morgan fingerprint density at radius 1 is 0.838 bits per heavy atom. The Balaban J connectivity index is 2.00. The number of fused-ring (bicyclic) bond motifs is 2. The van der Waals surface area contributed by atoms with E-state index in [0.717, 1.165) is 5.69 Å². The molecule has 0 fully saturated rings. The first-order valence-electron chi connectivity index (χ1n) is 14.1. The van der Waals surface area contributed by atoms with Gasteiger partial charge in [0, 0.05) is 0 Å². The Bertz CT molecular complexity index is 1370. The van der Waals surface area contributed by atoms with E-state index in [-0.39, 0.29) is 0 Å². The normalized spacial score (nSPS) is 13.1. The summed E-state index contributed by atoms with van der Waals surface area (Å²) in [5.41, 5.74) is 5.01. The minimum atomic E-state index is -2.11. The van der Waals surface area contributed by atoms with Crippen LogP contribution in [0.2, 0.25) is 35.4 Å². The summed E-state index contributed by atoms with van der Waals surface area (Å²) in [6, 6.07) is 17.8. The Hall–Kier alpha value is -1.50. The van der Waals surface area contributed by atoms with Crippen molar-refractivity contribution >= 4 is 62.6 Å². The van der Waals surface area contributed by atoms with Gasteiger partial charge < -0.3 is 0 Å². The fourth-order valence-electron chi connectivity index (χ4n) is 6.68. The zero-order valence-corrected chi connectivity index (χ0v) is 28.6. The molecule has 0 bridgehead atoms. The van der Waals surface area contributed by atoms with Crippen molar-refractivity contribution < 1.29 is 0 Å². The molecule has 0 saturated heterocycles. The van der Waals surface area contributed by atoms with Crippen molar-refractivity contribution in [3.8, 4) is 11.3 Å². The molecule has 2 aromatic heterocycles. The average molecular weight is 591 g/mol. The van der Waals surface area contributed by atoms with E-state index in [0.29, 0.717) is 17.8 Å². The Morgan fingerprint density at radius 3 is 2.00 bits per heavy atom. The molecule has 0 aliphatic rings. The molecule has 0 aliphatic heterocycles. The van der Waals surface area contributed by atoms with Crippen LogP contribution >= 0.6 is 11.3 Å². The number of thiophene rings is 1. The molecule has 0 N–H and O–H groups in total. The molecule has 0 radical (unpaired) electrons. The summed E-state index contributed by atoms with van der Waals surface area (Å²) < 4.78 is 4.55. The molecule has 2 nitrogen and oxygen atoms in total. The predicted octanol–water partition coefficient (Wildman–Crippen LogP) is 8.99. The van der Waals surface area contributed by atoms with Crippen LogP contribution in [0.15, 0.2) is 42.7 Å².